The Kier molecular flexibility index (Phi) is 9.30. The highest BCUT2D eigenvalue weighted by Gasteiger charge is 2.25. The van der Waals surface area contributed by atoms with E-state index in [0.717, 1.165) is 13.1 Å². The highest BCUT2D eigenvalue weighted by molar-refractivity contribution is 8.06. The summed E-state index contributed by atoms with van der Waals surface area (Å²) in [4.78, 5) is 15.7. The Morgan fingerprint density at radius 2 is 1.27 bits per heavy atom. The van der Waals surface area contributed by atoms with Gasteiger partial charge in [-0.2, -0.15) is 0 Å². The Bertz CT molecular complexity index is 988. The van der Waals surface area contributed by atoms with E-state index in [2.05, 4.69) is 110 Å². The number of benzene rings is 3. The van der Waals surface area contributed by atoms with Crippen LogP contribution < -0.4 is 0 Å². The molecule has 3 rings (SSSR count). The van der Waals surface area contributed by atoms with Crippen molar-refractivity contribution < 1.29 is 4.79 Å². The number of rotatable bonds is 11. The summed E-state index contributed by atoms with van der Waals surface area (Å²) in [7, 11) is -1.56. The van der Waals surface area contributed by atoms with E-state index in [1.54, 1.807) is 11.8 Å². The van der Waals surface area contributed by atoms with E-state index in [1.807, 2.05) is 18.2 Å². The number of carbonyl (C=O) groups is 1. The van der Waals surface area contributed by atoms with Crippen molar-refractivity contribution in [2.75, 3.05) is 5.75 Å². The first-order valence-corrected chi connectivity index (χ1v) is 16.1. The highest BCUT2D eigenvalue weighted by atomic mass is 32.2. The lowest BCUT2D eigenvalue weighted by atomic mass is 10.1. The number of carbonyl (C=O) groups excluding carboxylic acids is 1. The SMILES string of the molecule is C[C@@H](C(=O)CS/C(=C\c1ccccc1)[Si](C)(C)C)N(Cc1ccccc1)Cc1ccccc1. The van der Waals surface area contributed by atoms with Crippen molar-refractivity contribution in [2.45, 2.75) is 45.7 Å². The molecule has 0 heterocycles. The van der Waals surface area contributed by atoms with Crippen molar-refractivity contribution in [2.24, 2.45) is 0 Å². The zero-order valence-electron chi connectivity index (χ0n) is 20.2. The summed E-state index contributed by atoms with van der Waals surface area (Å²) in [6.07, 6.45) is 2.28. The van der Waals surface area contributed by atoms with Crippen LogP contribution in [0.2, 0.25) is 19.6 Å². The lowest BCUT2D eigenvalue weighted by Crippen LogP contribution is -2.39. The Hall–Kier alpha value is -2.40. The van der Waals surface area contributed by atoms with Crippen LogP contribution in [0.1, 0.15) is 23.6 Å². The van der Waals surface area contributed by atoms with Crippen molar-refractivity contribution in [3.05, 3.63) is 112 Å². The van der Waals surface area contributed by atoms with Gasteiger partial charge in [-0.05, 0) is 34.2 Å². The topological polar surface area (TPSA) is 20.3 Å². The Morgan fingerprint density at radius 1 is 0.818 bits per heavy atom. The molecule has 0 aliphatic rings. The normalized spacial score (nSPS) is 13.2. The van der Waals surface area contributed by atoms with Gasteiger partial charge in [0, 0.05) is 13.1 Å². The van der Waals surface area contributed by atoms with Crippen LogP contribution in [0.5, 0.6) is 0 Å². The number of nitrogens with zero attached hydrogens (tertiary/aromatic N) is 1. The van der Waals surface area contributed by atoms with Crippen molar-refractivity contribution in [1.82, 2.24) is 4.90 Å². The van der Waals surface area contributed by atoms with Crippen LogP contribution >= 0.6 is 11.8 Å². The van der Waals surface area contributed by atoms with Gasteiger partial charge in [0.2, 0.25) is 0 Å². The van der Waals surface area contributed by atoms with Gasteiger partial charge in [-0.25, -0.2) is 0 Å². The van der Waals surface area contributed by atoms with Crippen LogP contribution in [0.25, 0.3) is 6.08 Å². The van der Waals surface area contributed by atoms with Gasteiger partial charge in [0.25, 0.3) is 0 Å². The molecule has 0 saturated heterocycles. The molecule has 0 saturated carbocycles. The van der Waals surface area contributed by atoms with E-state index < -0.39 is 8.07 Å². The van der Waals surface area contributed by atoms with E-state index in [9.17, 15) is 4.79 Å². The maximum atomic E-state index is 13.4. The molecule has 3 aromatic rings. The zero-order chi connectivity index (χ0) is 23.7. The summed E-state index contributed by atoms with van der Waals surface area (Å²) < 4.78 is 1.37. The molecular weight excluding hydrogens is 438 g/mol. The standard InChI is InChI=1S/C29H35NOSSi/c1-24(28(31)23-32-29(33(2,3)4)20-25-14-8-5-9-15-25)30(21-26-16-10-6-11-17-26)22-27-18-12-7-13-19-27/h5-20,24H,21-23H2,1-4H3/b29-20+/t24-/m0/s1. The largest absolute Gasteiger partial charge is 0.297 e. The maximum absolute atomic E-state index is 13.4. The van der Waals surface area contributed by atoms with Crippen molar-refractivity contribution in [3.8, 4) is 0 Å². The predicted octanol–water partition coefficient (Wildman–Crippen LogP) is 7.30. The van der Waals surface area contributed by atoms with Crippen LogP contribution in [-0.2, 0) is 17.9 Å². The highest BCUT2D eigenvalue weighted by Crippen LogP contribution is 2.30. The summed E-state index contributed by atoms with van der Waals surface area (Å²) >= 11 is 1.74. The molecule has 0 fully saturated rings. The molecule has 0 radical (unpaired) electrons. The number of Topliss-reactive ketones (excluding diaryl/α,β-unsaturated/α-hetero) is 1. The molecule has 1 atom stereocenters. The third-order valence-electron chi connectivity index (χ3n) is 5.68. The molecule has 0 bridgehead atoms. The summed E-state index contributed by atoms with van der Waals surface area (Å²) in [5.41, 5.74) is 3.66. The van der Waals surface area contributed by atoms with Gasteiger partial charge in [0.15, 0.2) is 5.78 Å². The Balaban J connectivity index is 1.73. The average Bonchev–Trinajstić information content (AvgIpc) is 2.82. The molecule has 0 spiro atoms. The summed E-state index contributed by atoms with van der Waals surface area (Å²) in [5.74, 6) is 0.786. The lowest BCUT2D eigenvalue weighted by molar-refractivity contribution is -0.121. The van der Waals surface area contributed by atoms with Gasteiger partial charge in [-0.15, -0.1) is 11.8 Å². The van der Waals surface area contributed by atoms with Gasteiger partial charge in [0.1, 0.15) is 0 Å². The minimum atomic E-state index is -1.56. The molecule has 0 aromatic heterocycles. The predicted molar refractivity (Wildman–Crippen MR) is 147 cm³/mol. The van der Waals surface area contributed by atoms with Gasteiger partial charge in [-0.1, -0.05) is 111 Å². The average molecular weight is 474 g/mol. The summed E-state index contributed by atoms with van der Waals surface area (Å²) in [5, 5.41) is 0. The van der Waals surface area contributed by atoms with Crippen LogP contribution in [-0.4, -0.2) is 30.6 Å². The van der Waals surface area contributed by atoms with Gasteiger partial charge in [0.05, 0.1) is 19.9 Å². The van der Waals surface area contributed by atoms with E-state index in [0.29, 0.717) is 5.75 Å². The molecule has 0 unspecified atom stereocenters. The Labute approximate surface area is 204 Å². The fraction of sp³-hybridized carbons (Fsp3) is 0.276. The minimum Gasteiger partial charge on any atom is -0.297 e. The van der Waals surface area contributed by atoms with Crippen LogP contribution in [0.3, 0.4) is 0 Å². The number of hydrogen-bond acceptors (Lipinski definition) is 3. The number of hydrogen-bond donors (Lipinski definition) is 0. The smallest absolute Gasteiger partial charge is 0.159 e. The molecule has 2 nitrogen and oxygen atoms in total. The van der Waals surface area contributed by atoms with Gasteiger partial charge < -0.3 is 0 Å². The lowest BCUT2D eigenvalue weighted by Gasteiger charge is -2.29. The second kappa shape index (κ2) is 12.2. The fourth-order valence-corrected chi connectivity index (χ4v) is 6.92. The quantitative estimate of drug-likeness (QED) is 0.273. The second-order valence-electron chi connectivity index (χ2n) is 9.48. The second-order valence-corrected chi connectivity index (χ2v) is 15.9. The molecule has 4 heteroatoms. The van der Waals surface area contributed by atoms with E-state index in [-0.39, 0.29) is 11.8 Å². The molecule has 172 valence electrons. The minimum absolute atomic E-state index is 0.155. The van der Waals surface area contributed by atoms with Crippen molar-refractivity contribution >= 4 is 31.7 Å². The molecule has 0 aliphatic carbocycles. The van der Waals surface area contributed by atoms with E-state index >= 15 is 0 Å². The third kappa shape index (κ3) is 8.15. The van der Waals surface area contributed by atoms with E-state index in [4.69, 9.17) is 0 Å². The zero-order valence-corrected chi connectivity index (χ0v) is 22.0. The van der Waals surface area contributed by atoms with Crippen molar-refractivity contribution in [1.29, 1.82) is 0 Å². The van der Waals surface area contributed by atoms with Gasteiger partial charge in [-0.3, -0.25) is 9.69 Å². The molecule has 0 amide bonds. The van der Waals surface area contributed by atoms with Gasteiger partial charge >= 0.3 is 0 Å². The first-order valence-electron chi connectivity index (χ1n) is 11.6. The van der Waals surface area contributed by atoms with E-state index in [1.165, 1.54) is 21.2 Å². The maximum Gasteiger partial charge on any atom is 0.159 e. The van der Waals surface area contributed by atoms with Crippen LogP contribution in [0.15, 0.2) is 95.5 Å². The van der Waals surface area contributed by atoms with Crippen LogP contribution in [0, 0.1) is 0 Å². The Morgan fingerprint density at radius 3 is 1.73 bits per heavy atom. The number of ketones is 1. The molecule has 0 aliphatic heterocycles. The monoisotopic (exact) mass is 473 g/mol. The molecule has 0 N–H and O–H groups in total. The molecular formula is C29H35NOSSi. The van der Waals surface area contributed by atoms with Crippen molar-refractivity contribution in [3.63, 3.8) is 0 Å². The summed E-state index contributed by atoms with van der Waals surface area (Å²) in [6.45, 7) is 10.6. The number of thioether (sulfide) groups is 1. The molecule has 3 aromatic carbocycles. The van der Waals surface area contributed by atoms with Crippen LogP contribution in [0.4, 0.5) is 0 Å². The third-order valence-corrected chi connectivity index (χ3v) is 10.4. The first kappa shape index (κ1) is 25.2. The fourth-order valence-electron chi connectivity index (χ4n) is 3.61. The first-order chi connectivity index (χ1) is 15.8. The summed E-state index contributed by atoms with van der Waals surface area (Å²) in [6, 6.07) is 31.1. The molecule has 33 heavy (non-hydrogen) atoms.